The first-order chi connectivity index (χ1) is 13.7. The third-order valence-corrected chi connectivity index (χ3v) is 5.61. The molecule has 1 aromatic rings. The van der Waals surface area contributed by atoms with Crippen molar-refractivity contribution in [1.82, 2.24) is 25.9 Å². The molecule has 0 bridgehead atoms. The second-order valence-electron chi connectivity index (χ2n) is 7.51. The molecular formula is C20H27FN6O. The average Bonchev–Trinajstić information content (AvgIpc) is 3.15. The molecule has 4 rings (SSSR count). The highest BCUT2D eigenvalue weighted by molar-refractivity contribution is 5.79. The Labute approximate surface area is 164 Å². The molecule has 1 amide bonds. The van der Waals surface area contributed by atoms with Gasteiger partial charge >= 0.3 is 0 Å². The summed E-state index contributed by atoms with van der Waals surface area (Å²) in [5.41, 5.74) is 1.99. The Kier molecular flexibility index (Phi) is 5.57. The molecule has 0 saturated heterocycles. The van der Waals surface area contributed by atoms with Gasteiger partial charge in [0.05, 0.1) is 6.20 Å². The highest BCUT2D eigenvalue weighted by atomic mass is 19.1. The third kappa shape index (κ3) is 3.87. The molecule has 7 nitrogen and oxygen atoms in total. The van der Waals surface area contributed by atoms with Crippen LogP contribution in [0.2, 0.25) is 0 Å². The fourth-order valence-electron chi connectivity index (χ4n) is 4.10. The van der Waals surface area contributed by atoms with Gasteiger partial charge in [0.25, 0.3) is 0 Å². The maximum absolute atomic E-state index is 14.5. The van der Waals surface area contributed by atoms with Gasteiger partial charge in [-0.1, -0.05) is 25.8 Å². The monoisotopic (exact) mass is 386 g/mol. The molecule has 4 N–H and O–H groups in total. The second-order valence-corrected chi connectivity index (χ2v) is 7.51. The van der Waals surface area contributed by atoms with Crippen molar-refractivity contribution in [2.24, 2.45) is 0 Å². The largest absolute Gasteiger partial charge is 0.371 e. The van der Waals surface area contributed by atoms with Gasteiger partial charge in [-0.3, -0.25) is 10.1 Å². The maximum atomic E-state index is 14.5. The Morgan fingerprint density at radius 2 is 2.14 bits per heavy atom. The van der Waals surface area contributed by atoms with Crippen LogP contribution in [0.4, 0.5) is 10.2 Å². The molecule has 3 atom stereocenters. The molecule has 8 heteroatoms. The summed E-state index contributed by atoms with van der Waals surface area (Å²) >= 11 is 0. The van der Waals surface area contributed by atoms with Crippen molar-refractivity contribution in [3.63, 3.8) is 0 Å². The van der Waals surface area contributed by atoms with E-state index in [0.717, 1.165) is 49.8 Å². The van der Waals surface area contributed by atoms with Gasteiger partial charge in [0.1, 0.15) is 6.17 Å². The van der Waals surface area contributed by atoms with Crippen LogP contribution >= 0.6 is 0 Å². The quantitative estimate of drug-likeness (QED) is 0.619. The van der Waals surface area contributed by atoms with Crippen LogP contribution < -0.4 is 21.3 Å². The lowest BCUT2D eigenvalue weighted by atomic mass is 9.90. The van der Waals surface area contributed by atoms with Gasteiger partial charge in [-0.25, -0.2) is 14.4 Å². The fraction of sp³-hybridized carbons (Fsp3) is 0.550. The molecule has 1 fully saturated rings. The molecule has 1 saturated carbocycles. The Bertz CT molecular complexity index is 808. The van der Waals surface area contributed by atoms with Crippen molar-refractivity contribution in [3.05, 3.63) is 35.7 Å². The molecule has 150 valence electrons. The Balaban J connectivity index is 1.54. The Morgan fingerprint density at radius 3 is 2.96 bits per heavy atom. The molecule has 1 aromatic heterocycles. The van der Waals surface area contributed by atoms with Gasteiger partial charge < -0.3 is 16.0 Å². The van der Waals surface area contributed by atoms with E-state index < -0.39 is 5.82 Å². The SMILES string of the molecule is CCC(=O)NC1CCCCC1Nc1nc(C2=CNC3NCCC=C23)ncc1F. The first-order valence-electron chi connectivity index (χ1n) is 10.1. The number of halogens is 1. The van der Waals surface area contributed by atoms with Crippen LogP contribution in [0, 0.1) is 5.82 Å². The van der Waals surface area contributed by atoms with Crippen LogP contribution in [0.15, 0.2) is 24.0 Å². The lowest BCUT2D eigenvalue weighted by Crippen LogP contribution is -2.48. The number of fused-ring (bicyclic) bond motifs is 1. The second kappa shape index (κ2) is 8.26. The van der Waals surface area contributed by atoms with Gasteiger partial charge in [-0.2, -0.15) is 0 Å². The minimum absolute atomic E-state index is 0.0130. The summed E-state index contributed by atoms with van der Waals surface area (Å²) in [7, 11) is 0. The zero-order chi connectivity index (χ0) is 19.5. The highest BCUT2D eigenvalue weighted by Gasteiger charge is 2.29. The summed E-state index contributed by atoms with van der Waals surface area (Å²) in [4.78, 5) is 20.5. The van der Waals surface area contributed by atoms with Gasteiger partial charge in [0.15, 0.2) is 17.5 Å². The summed E-state index contributed by atoms with van der Waals surface area (Å²) in [5, 5.41) is 13.0. The van der Waals surface area contributed by atoms with Crippen molar-refractivity contribution in [2.45, 2.75) is 63.7 Å². The lowest BCUT2D eigenvalue weighted by molar-refractivity contribution is -0.121. The molecule has 0 radical (unpaired) electrons. The maximum Gasteiger partial charge on any atom is 0.220 e. The van der Waals surface area contributed by atoms with E-state index >= 15 is 0 Å². The lowest BCUT2D eigenvalue weighted by Gasteiger charge is -2.33. The first-order valence-corrected chi connectivity index (χ1v) is 10.1. The highest BCUT2D eigenvalue weighted by Crippen LogP contribution is 2.30. The van der Waals surface area contributed by atoms with Crippen LogP contribution in [0.3, 0.4) is 0 Å². The Hall–Kier alpha value is -2.48. The average molecular weight is 386 g/mol. The van der Waals surface area contributed by atoms with Crippen LogP contribution in [0.5, 0.6) is 0 Å². The number of amides is 1. The number of carbonyl (C=O) groups is 1. The molecule has 1 aliphatic carbocycles. The molecule has 3 aliphatic rings. The summed E-state index contributed by atoms with van der Waals surface area (Å²) in [6, 6.07) is -0.0542. The van der Waals surface area contributed by atoms with Gasteiger partial charge in [-0.05, 0) is 24.8 Å². The zero-order valence-corrected chi connectivity index (χ0v) is 16.1. The van der Waals surface area contributed by atoms with E-state index in [2.05, 4.69) is 37.3 Å². The van der Waals surface area contributed by atoms with Crippen molar-refractivity contribution in [2.75, 3.05) is 11.9 Å². The number of nitrogens with one attached hydrogen (secondary N) is 4. The van der Waals surface area contributed by atoms with Crippen molar-refractivity contribution >= 4 is 17.3 Å². The van der Waals surface area contributed by atoms with E-state index in [1.54, 1.807) is 0 Å². The number of hydrogen-bond acceptors (Lipinski definition) is 6. The summed E-state index contributed by atoms with van der Waals surface area (Å²) < 4.78 is 14.5. The first kappa shape index (κ1) is 18.9. The predicted molar refractivity (Wildman–Crippen MR) is 106 cm³/mol. The predicted octanol–water partition coefficient (Wildman–Crippen LogP) is 2.05. The van der Waals surface area contributed by atoms with Crippen LogP contribution in [0.1, 0.15) is 51.3 Å². The molecular weight excluding hydrogens is 359 g/mol. The normalized spacial score (nSPS) is 26.6. The molecule has 3 unspecified atom stereocenters. The molecule has 28 heavy (non-hydrogen) atoms. The smallest absolute Gasteiger partial charge is 0.220 e. The van der Waals surface area contributed by atoms with E-state index in [-0.39, 0.29) is 30.0 Å². The third-order valence-electron chi connectivity index (χ3n) is 5.61. The fourth-order valence-corrected chi connectivity index (χ4v) is 4.10. The molecule has 3 heterocycles. The minimum atomic E-state index is -0.478. The number of nitrogens with zero attached hydrogens (tertiary/aromatic N) is 2. The van der Waals surface area contributed by atoms with E-state index in [1.165, 1.54) is 6.20 Å². The van der Waals surface area contributed by atoms with Crippen LogP contribution in [0.25, 0.3) is 5.57 Å². The van der Waals surface area contributed by atoms with Gasteiger partial charge in [-0.15, -0.1) is 0 Å². The number of aromatic nitrogens is 2. The van der Waals surface area contributed by atoms with Crippen LogP contribution in [-0.4, -0.2) is 40.7 Å². The topological polar surface area (TPSA) is 91.0 Å². The number of carbonyl (C=O) groups excluding carboxylic acids is 1. The number of anilines is 1. The molecule has 2 aliphatic heterocycles. The van der Waals surface area contributed by atoms with E-state index in [4.69, 9.17) is 0 Å². The van der Waals surface area contributed by atoms with Gasteiger partial charge in [0, 0.05) is 36.8 Å². The summed E-state index contributed by atoms with van der Waals surface area (Å²) in [5.74, 6) is 0.237. The van der Waals surface area contributed by atoms with Crippen molar-refractivity contribution in [1.29, 1.82) is 0 Å². The Morgan fingerprint density at radius 1 is 1.32 bits per heavy atom. The van der Waals surface area contributed by atoms with E-state index in [1.807, 2.05) is 13.1 Å². The van der Waals surface area contributed by atoms with Crippen molar-refractivity contribution < 1.29 is 9.18 Å². The molecule has 0 spiro atoms. The minimum Gasteiger partial charge on any atom is -0.371 e. The van der Waals surface area contributed by atoms with E-state index in [0.29, 0.717) is 12.2 Å². The standard InChI is InChI=1S/C20H27FN6O/c1-2-17(28)25-15-7-3-4-8-16(15)26-20-14(21)11-24-19(27-20)13-10-23-18-12(13)6-5-9-22-18/h6,10-11,15-16,18,22-23H,2-5,7-9H2,1H3,(H,25,28)(H,24,26,27). The van der Waals surface area contributed by atoms with Crippen molar-refractivity contribution in [3.8, 4) is 0 Å². The van der Waals surface area contributed by atoms with Gasteiger partial charge in [0.2, 0.25) is 5.91 Å². The zero-order valence-electron chi connectivity index (χ0n) is 16.1. The van der Waals surface area contributed by atoms with Crippen LogP contribution in [-0.2, 0) is 4.79 Å². The molecule has 0 aromatic carbocycles. The summed E-state index contributed by atoms with van der Waals surface area (Å²) in [6.45, 7) is 2.76. The number of rotatable bonds is 5. The summed E-state index contributed by atoms with van der Waals surface area (Å²) in [6.07, 6.45) is 10.6. The van der Waals surface area contributed by atoms with E-state index in [9.17, 15) is 9.18 Å². The number of hydrogen-bond donors (Lipinski definition) is 4.